The Bertz CT molecular complexity index is 1200. The Balaban J connectivity index is 1.49. The van der Waals surface area contributed by atoms with Crippen molar-refractivity contribution in [2.75, 3.05) is 11.9 Å². The normalized spacial score (nSPS) is 11.4. The Morgan fingerprint density at radius 3 is 2.66 bits per heavy atom. The second-order valence-corrected chi connectivity index (χ2v) is 7.72. The SMILES string of the molecule is CCCCOc1cccc(CCc2ccc3c(c2)Oc2cc(C#N)cc(C(=O)O)c2N3)c1. The van der Waals surface area contributed by atoms with Gasteiger partial charge in [0.05, 0.1) is 35.2 Å². The lowest BCUT2D eigenvalue weighted by atomic mass is 10.0. The van der Waals surface area contributed by atoms with E-state index in [-0.39, 0.29) is 11.1 Å². The molecule has 2 N–H and O–H groups in total. The minimum absolute atomic E-state index is 0.00909. The van der Waals surface area contributed by atoms with Gasteiger partial charge in [-0.2, -0.15) is 5.26 Å². The zero-order valence-electron chi connectivity index (χ0n) is 17.9. The number of fused-ring (bicyclic) bond motifs is 2. The van der Waals surface area contributed by atoms with Gasteiger partial charge in [0.2, 0.25) is 0 Å². The van der Waals surface area contributed by atoms with Crippen molar-refractivity contribution in [1.82, 2.24) is 0 Å². The number of aryl methyl sites for hydroxylation is 2. The molecular weight excluding hydrogens is 404 g/mol. The van der Waals surface area contributed by atoms with Gasteiger partial charge in [0.25, 0.3) is 0 Å². The van der Waals surface area contributed by atoms with Gasteiger partial charge in [0.15, 0.2) is 11.5 Å². The minimum atomic E-state index is -1.12. The first-order valence-corrected chi connectivity index (χ1v) is 10.7. The predicted octanol–water partition coefficient (Wildman–Crippen LogP) is 6.07. The van der Waals surface area contributed by atoms with Crippen LogP contribution in [0.15, 0.2) is 54.6 Å². The summed E-state index contributed by atoms with van der Waals surface area (Å²) in [6.45, 7) is 2.87. The van der Waals surface area contributed by atoms with Crippen LogP contribution in [-0.2, 0) is 12.8 Å². The molecule has 1 heterocycles. The van der Waals surface area contributed by atoms with Crippen LogP contribution < -0.4 is 14.8 Å². The second kappa shape index (κ2) is 9.44. The number of unbranched alkanes of at least 4 members (excludes halogenated alkanes) is 1. The minimum Gasteiger partial charge on any atom is -0.494 e. The Hall–Kier alpha value is -3.98. The third-order valence-electron chi connectivity index (χ3n) is 5.35. The number of rotatable bonds is 8. The second-order valence-electron chi connectivity index (χ2n) is 7.72. The number of hydrogen-bond donors (Lipinski definition) is 2. The van der Waals surface area contributed by atoms with Crippen molar-refractivity contribution in [2.45, 2.75) is 32.6 Å². The van der Waals surface area contributed by atoms with Crippen molar-refractivity contribution >= 4 is 17.3 Å². The molecule has 3 aromatic rings. The molecule has 0 unspecified atom stereocenters. The summed E-state index contributed by atoms with van der Waals surface area (Å²) in [7, 11) is 0. The van der Waals surface area contributed by atoms with Crippen LogP contribution in [0.2, 0.25) is 0 Å². The molecule has 1 aliphatic rings. The maximum absolute atomic E-state index is 11.6. The van der Waals surface area contributed by atoms with Crippen LogP contribution in [0.4, 0.5) is 11.4 Å². The summed E-state index contributed by atoms with van der Waals surface area (Å²) in [4.78, 5) is 11.6. The first-order chi connectivity index (χ1) is 15.6. The molecule has 0 atom stereocenters. The number of nitrogens with one attached hydrogen (secondary N) is 1. The van der Waals surface area contributed by atoms with Crippen molar-refractivity contribution in [3.05, 3.63) is 76.9 Å². The van der Waals surface area contributed by atoms with Crippen LogP contribution in [0.5, 0.6) is 17.2 Å². The molecule has 0 saturated heterocycles. The van der Waals surface area contributed by atoms with Crippen molar-refractivity contribution in [3.8, 4) is 23.3 Å². The molecule has 0 spiro atoms. The summed E-state index contributed by atoms with van der Waals surface area (Å²) < 4.78 is 11.8. The number of nitriles is 1. The summed E-state index contributed by atoms with van der Waals surface area (Å²) in [5.41, 5.74) is 3.60. The molecule has 1 aliphatic heterocycles. The lowest BCUT2D eigenvalue weighted by molar-refractivity contribution is 0.0697. The maximum atomic E-state index is 11.6. The molecule has 3 aromatic carbocycles. The number of nitrogens with zero attached hydrogens (tertiary/aromatic N) is 1. The van der Waals surface area contributed by atoms with E-state index in [4.69, 9.17) is 9.47 Å². The molecule has 6 nitrogen and oxygen atoms in total. The Morgan fingerprint density at radius 2 is 1.91 bits per heavy atom. The van der Waals surface area contributed by atoms with E-state index in [9.17, 15) is 15.2 Å². The molecule has 0 aromatic heterocycles. The smallest absolute Gasteiger partial charge is 0.338 e. The Kier molecular flexibility index (Phi) is 6.27. The molecule has 32 heavy (non-hydrogen) atoms. The van der Waals surface area contributed by atoms with Gasteiger partial charge in [0, 0.05) is 6.07 Å². The van der Waals surface area contributed by atoms with E-state index in [1.807, 2.05) is 36.4 Å². The highest BCUT2D eigenvalue weighted by molar-refractivity contribution is 5.99. The maximum Gasteiger partial charge on any atom is 0.338 e. The molecular formula is C26H24N2O4. The first kappa shape index (κ1) is 21.3. The fourth-order valence-electron chi connectivity index (χ4n) is 3.64. The van der Waals surface area contributed by atoms with Gasteiger partial charge < -0.3 is 19.9 Å². The number of anilines is 2. The van der Waals surface area contributed by atoms with Gasteiger partial charge in [-0.05, 0) is 60.7 Å². The van der Waals surface area contributed by atoms with Gasteiger partial charge in [-0.25, -0.2) is 4.79 Å². The summed E-state index contributed by atoms with van der Waals surface area (Å²) in [5, 5.41) is 21.9. The van der Waals surface area contributed by atoms with Crippen LogP contribution in [0.3, 0.4) is 0 Å². The summed E-state index contributed by atoms with van der Waals surface area (Å²) in [6.07, 6.45) is 3.82. The first-order valence-electron chi connectivity index (χ1n) is 10.7. The average molecular weight is 428 g/mol. The predicted molar refractivity (Wildman–Crippen MR) is 122 cm³/mol. The summed E-state index contributed by atoms with van der Waals surface area (Å²) >= 11 is 0. The zero-order chi connectivity index (χ0) is 22.5. The fourth-order valence-corrected chi connectivity index (χ4v) is 3.64. The van der Waals surface area contributed by atoms with Crippen LogP contribution in [0, 0.1) is 11.3 Å². The third kappa shape index (κ3) is 4.68. The molecule has 0 amide bonds. The van der Waals surface area contributed by atoms with E-state index >= 15 is 0 Å². The van der Waals surface area contributed by atoms with Crippen molar-refractivity contribution < 1.29 is 19.4 Å². The molecule has 4 rings (SSSR count). The van der Waals surface area contributed by atoms with E-state index in [0.29, 0.717) is 22.9 Å². The summed E-state index contributed by atoms with van der Waals surface area (Å²) in [5.74, 6) is 0.726. The van der Waals surface area contributed by atoms with E-state index in [2.05, 4.69) is 24.4 Å². The zero-order valence-corrected chi connectivity index (χ0v) is 17.9. The average Bonchev–Trinajstić information content (AvgIpc) is 2.81. The molecule has 0 radical (unpaired) electrons. The fraction of sp³-hybridized carbons (Fsp3) is 0.231. The van der Waals surface area contributed by atoms with Crippen LogP contribution in [0.25, 0.3) is 0 Å². The highest BCUT2D eigenvalue weighted by Crippen LogP contribution is 2.44. The Morgan fingerprint density at radius 1 is 1.09 bits per heavy atom. The van der Waals surface area contributed by atoms with Crippen molar-refractivity contribution in [3.63, 3.8) is 0 Å². The molecule has 162 valence electrons. The van der Waals surface area contributed by atoms with Gasteiger partial charge >= 0.3 is 5.97 Å². The number of carbonyl (C=O) groups is 1. The lowest BCUT2D eigenvalue weighted by Crippen LogP contribution is -2.10. The standard InChI is InChI=1S/C26H24N2O4/c1-2-3-11-31-20-6-4-5-17(12-20)7-8-18-9-10-22-23(14-18)32-24-15-19(16-27)13-21(26(29)30)25(24)28-22/h4-6,9-10,12-15,28H,2-3,7-8,11H2,1H3,(H,29,30). The quantitative estimate of drug-likeness (QED) is 0.331. The van der Waals surface area contributed by atoms with Crippen LogP contribution in [-0.4, -0.2) is 17.7 Å². The van der Waals surface area contributed by atoms with Gasteiger partial charge in [-0.15, -0.1) is 0 Å². The van der Waals surface area contributed by atoms with Gasteiger partial charge in [-0.3, -0.25) is 0 Å². The highest BCUT2D eigenvalue weighted by atomic mass is 16.5. The van der Waals surface area contributed by atoms with Crippen LogP contribution >= 0.6 is 0 Å². The highest BCUT2D eigenvalue weighted by Gasteiger charge is 2.24. The third-order valence-corrected chi connectivity index (χ3v) is 5.35. The van der Waals surface area contributed by atoms with E-state index in [0.717, 1.165) is 43.6 Å². The number of benzene rings is 3. The number of hydrogen-bond acceptors (Lipinski definition) is 5. The van der Waals surface area contributed by atoms with E-state index in [1.165, 1.54) is 11.6 Å². The van der Waals surface area contributed by atoms with E-state index in [1.54, 1.807) is 6.07 Å². The van der Waals surface area contributed by atoms with Gasteiger partial charge in [0.1, 0.15) is 5.75 Å². The molecule has 0 saturated carbocycles. The number of carboxylic acids is 1. The topological polar surface area (TPSA) is 91.6 Å². The monoisotopic (exact) mass is 428 g/mol. The number of carboxylic acid groups (broad SMARTS) is 1. The van der Waals surface area contributed by atoms with Gasteiger partial charge in [-0.1, -0.05) is 31.5 Å². The summed E-state index contributed by atoms with van der Waals surface area (Å²) in [6, 6.07) is 18.9. The van der Waals surface area contributed by atoms with Crippen molar-refractivity contribution in [2.24, 2.45) is 0 Å². The largest absolute Gasteiger partial charge is 0.494 e. The van der Waals surface area contributed by atoms with Crippen LogP contribution in [0.1, 0.15) is 46.8 Å². The van der Waals surface area contributed by atoms with E-state index < -0.39 is 5.97 Å². The molecule has 0 fully saturated rings. The Labute approximate surface area is 187 Å². The van der Waals surface area contributed by atoms with Crippen molar-refractivity contribution in [1.29, 1.82) is 5.26 Å². The molecule has 0 bridgehead atoms. The number of ether oxygens (including phenoxy) is 2. The molecule has 0 aliphatic carbocycles. The molecule has 6 heteroatoms. The lowest BCUT2D eigenvalue weighted by Gasteiger charge is -2.24. The number of aromatic carboxylic acids is 1.